The predicted octanol–water partition coefficient (Wildman–Crippen LogP) is 2.33. The first-order chi connectivity index (χ1) is 8.38. The van der Waals surface area contributed by atoms with Crippen LogP contribution in [0.5, 0.6) is 0 Å². The second-order valence-corrected chi connectivity index (χ2v) is 5.54. The average Bonchev–Trinajstić information content (AvgIpc) is 3.08. The minimum atomic E-state index is -0.582. The molecule has 0 aromatic heterocycles. The van der Waals surface area contributed by atoms with Crippen molar-refractivity contribution in [2.75, 3.05) is 11.9 Å². The Hall–Kier alpha value is -1.42. The Kier molecular flexibility index (Phi) is 3.15. The molecule has 1 aliphatic rings. The molecule has 1 aromatic carbocycles. The summed E-state index contributed by atoms with van der Waals surface area (Å²) in [6, 6.07) is 6.05. The van der Waals surface area contributed by atoms with E-state index < -0.39 is 5.41 Å². The van der Waals surface area contributed by atoms with Crippen LogP contribution in [0, 0.1) is 19.3 Å². The lowest BCUT2D eigenvalue weighted by atomic mass is 10.0. The molecule has 0 spiro atoms. The van der Waals surface area contributed by atoms with E-state index in [1.807, 2.05) is 26.0 Å². The number of benzene rings is 1. The molecular formula is C14H18N2OS. The highest BCUT2D eigenvalue weighted by Gasteiger charge is 2.54. The Bertz CT molecular complexity index is 521. The molecule has 0 aliphatic heterocycles. The van der Waals surface area contributed by atoms with Crippen molar-refractivity contribution in [3.63, 3.8) is 0 Å². The van der Waals surface area contributed by atoms with Crippen molar-refractivity contribution in [1.29, 1.82) is 0 Å². The monoisotopic (exact) mass is 262 g/mol. The highest BCUT2D eigenvalue weighted by atomic mass is 32.1. The third kappa shape index (κ3) is 2.01. The van der Waals surface area contributed by atoms with E-state index in [0.717, 1.165) is 24.1 Å². The Labute approximate surface area is 113 Å². The highest BCUT2D eigenvalue weighted by Crippen LogP contribution is 2.48. The van der Waals surface area contributed by atoms with Crippen molar-refractivity contribution in [3.05, 3.63) is 29.3 Å². The molecule has 96 valence electrons. The Morgan fingerprint density at radius 2 is 2.00 bits per heavy atom. The van der Waals surface area contributed by atoms with Gasteiger partial charge in [-0.1, -0.05) is 29.9 Å². The zero-order valence-corrected chi connectivity index (χ0v) is 11.8. The quantitative estimate of drug-likeness (QED) is 0.850. The number of nitrogens with zero attached hydrogens (tertiary/aromatic N) is 1. The van der Waals surface area contributed by atoms with Crippen LogP contribution in [0.3, 0.4) is 0 Å². The Morgan fingerprint density at radius 3 is 2.44 bits per heavy atom. The molecule has 0 radical (unpaired) electrons. The SMILES string of the molecule is Cc1ccc(N(C)C(=O)C2(C(N)=S)CC2)c(C)c1. The van der Waals surface area contributed by atoms with Gasteiger partial charge in [-0.05, 0) is 38.3 Å². The maximum Gasteiger partial charge on any atom is 0.239 e. The highest BCUT2D eigenvalue weighted by molar-refractivity contribution is 7.80. The summed E-state index contributed by atoms with van der Waals surface area (Å²) in [5, 5.41) is 0. The third-order valence-electron chi connectivity index (χ3n) is 3.65. The standard InChI is InChI=1S/C14H18N2OS/c1-9-4-5-11(10(2)8-9)16(3)13(17)14(6-7-14)12(15)18/h4-5,8H,6-7H2,1-3H3,(H2,15,18). The second-order valence-electron chi connectivity index (χ2n) is 5.10. The van der Waals surface area contributed by atoms with Gasteiger partial charge in [0.15, 0.2) is 0 Å². The summed E-state index contributed by atoms with van der Waals surface area (Å²) in [4.78, 5) is 14.5. The molecule has 1 amide bonds. The molecule has 18 heavy (non-hydrogen) atoms. The van der Waals surface area contributed by atoms with Crippen LogP contribution in [0.4, 0.5) is 5.69 Å². The van der Waals surface area contributed by atoms with E-state index in [1.54, 1.807) is 11.9 Å². The lowest BCUT2D eigenvalue weighted by Gasteiger charge is -2.24. The van der Waals surface area contributed by atoms with Gasteiger partial charge in [-0.15, -0.1) is 0 Å². The lowest BCUT2D eigenvalue weighted by molar-refractivity contribution is -0.121. The number of carbonyl (C=O) groups excluding carboxylic acids is 1. The molecule has 0 unspecified atom stereocenters. The fraction of sp³-hybridized carbons (Fsp3) is 0.429. The number of anilines is 1. The lowest BCUT2D eigenvalue weighted by Crippen LogP contribution is -2.41. The fourth-order valence-corrected chi connectivity index (χ4v) is 2.59. The first-order valence-corrected chi connectivity index (χ1v) is 6.44. The van der Waals surface area contributed by atoms with Crippen molar-refractivity contribution >= 4 is 28.8 Å². The summed E-state index contributed by atoms with van der Waals surface area (Å²) in [6.07, 6.45) is 1.55. The molecule has 0 bridgehead atoms. The smallest absolute Gasteiger partial charge is 0.239 e. The number of hydrogen-bond acceptors (Lipinski definition) is 2. The van der Waals surface area contributed by atoms with Crippen LogP contribution in [-0.2, 0) is 4.79 Å². The molecule has 0 atom stereocenters. The van der Waals surface area contributed by atoms with Gasteiger partial charge in [0.25, 0.3) is 0 Å². The van der Waals surface area contributed by atoms with Gasteiger partial charge in [0, 0.05) is 12.7 Å². The van der Waals surface area contributed by atoms with Gasteiger partial charge < -0.3 is 10.6 Å². The molecule has 4 heteroatoms. The van der Waals surface area contributed by atoms with Crippen LogP contribution in [0.15, 0.2) is 18.2 Å². The minimum absolute atomic E-state index is 0.0157. The second kappa shape index (κ2) is 4.35. The van der Waals surface area contributed by atoms with Crippen LogP contribution < -0.4 is 10.6 Å². The van der Waals surface area contributed by atoms with Gasteiger partial charge in [0.1, 0.15) is 0 Å². The van der Waals surface area contributed by atoms with E-state index in [1.165, 1.54) is 5.56 Å². The van der Waals surface area contributed by atoms with Crippen LogP contribution >= 0.6 is 12.2 Å². The van der Waals surface area contributed by atoms with Crippen LogP contribution in [-0.4, -0.2) is 17.9 Å². The molecule has 3 nitrogen and oxygen atoms in total. The van der Waals surface area contributed by atoms with Crippen molar-refractivity contribution < 1.29 is 4.79 Å². The zero-order chi connectivity index (χ0) is 13.5. The largest absolute Gasteiger partial charge is 0.392 e. The number of hydrogen-bond donors (Lipinski definition) is 1. The van der Waals surface area contributed by atoms with Crippen LogP contribution in [0.1, 0.15) is 24.0 Å². The van der Waals surface area contributed by atoms with E-state index in [-0.39, 0.29) is 5.91 Å². The summed E-state index contributed by atoms with van der Waals surface area (Å²) in [5.74, 6) is 0.0157. The van der Waals surface area contributed by atoms with E-state index in [9.17, 15) is 4.79 Å². The molecule has 0 saturated heterocycles. The molecule has 0 heterocycles. The topological polar surface area (TPSA) is 46.3 Å². The number of rotatable bonds is 3. The normalized spacial score (nSPS) is 16.2. The summed E-state index contributed by atoms with van der Waals surface area (Å²) in [7, 11) is 1.79. The summed E-state index contributed by atoms with van der Waals surface area (Å²) >= 11 is 5.02. The molecule has 1 fully saturated rings. The molecule has 1 aromatic rings. The van der Waals surface area contributed by atoms with Crippen molar-refractivity contribution in [3.8, 4) is 0 Å². The first kappa shape index (κ1) is 13.0. The van der Waals surface area contributed by atoms with Gasteiger partial charge in [-0.2, -0.15) is 0 Å². The van der Waals surface area contributed by atoms with Gasteiger partial charge in [0.2, 0.25) is 5.91 Å². The zero-order valence-electron chi connectivity index (χ0n) is 11.0. The number of thiocarbonyl (C=S) groups is 1. The van der Waals surface area contributed by atoms with E-state index in [0.29, 0.717) is 4.99 Å². The number of nitrogens with two attached hydrogens (primary N) is 1. The summed E-state index contributed by atoms with van der Waals surface area (Å²) < 4.78 is 0. The Morgan fingerprint density at radius 1 is 1.39 bits per heavy atom. The van der Waals surface area contributed by atoms with Gasteiger partial charge >= 0.3 is 0 Å². The maximum atomic E-state index is 12.5. The molecule has 2 rings (SSSR count). The summed E-state index contributed by atoms with van der Waals surface area (Å²) in [6.45, 7) is 4.04. The van der Waals surface area contributed by atoms with Gasteiger partial charge in [0.05, 0.1) is 10.4 Å². The van der Waals surface area contributed by atoms with Gasteiger partial charge in [-0.25, -0.2) is 0 Å². The van der Waals surface area contributed by atoms with Crippen LogP contribution in [0.25, 0.3) is 0 Å². The molecule has 2 N–H and O–H groups in total. The molecule has 1 saturated carbocycles. The number of carbonyl (C=O) groups is 1. The van der Waals surface area contributed by atoms with Crippen molar-refractivity contribution in [2.24, 2.45) is 11.1 Å². The van der Waals surface area contributed by atoms with Crippen molar-refractivity contribution in [1.82, 2.24) is 0 Å². The summed E-state index contributed by atoms with van der Waals surface area (Å²) in [5.41, 5.74) is 8.31. The van der Waals surface area contributed by atoms with E-state index in [4.69, 9.17) is 18.0 Å². The molecule has 1 aliphatic carbocycles. The first-order valence-electron chi connectivity index (χ1n) is 6.04. The van der Waals surface area contributed by atoms with Crippen LogP contribution in [0.2, 0.25) is 0 Å². The van der Waals surface area contributed by atoms with Crippen molar-refractivity contribution in [2.45, 2.75) is 26.7 Å². The third-order valence-corrected chi connectivity index (χ3v) is 4.04. The Balaban J connectivity index is 2.29. The van der Waals surface area contributed by atoms with E-state index in [2.05, 4.69) is 6.07 Å². The fourth-order valence-electron chi connectivity index (χ4n) is 2.30. The van der Waals surface area contributed by atoms with Gasteiger partial charge in [-0.3, -0.25) is 4.79 Å². The molecular weight excluding hydrogens is 244 g/mol. The minimum Gasteiger partial charge on any atom is -0.392 e. The maximum absolute atomic E-state index is 12.5. The predicted molar refractivity (Wildman–Crippen MR) is 77.8 cm³/mol. The number of aryl methyl sites for hydroxylation is 2. The number of amides is 1. The van der Waals surface area contributed by atoms with E-state index >= 15 is 0 Å². The average molecular weight is 262 g/mol.